The normalized spacial score (nSPS) is 23.9. The summed E-state index contributed by atoms with van der Waals surface area (Å²) in [6, 6.07) is 2.44. The Kier molecular flexibility index (Phi) is 4.27. The van der Waals surface area contributed by atoms with E-state index in [0.717, 1.165) is 10.9 Å². The number of anilines is 2. The molecule has 0 atom stereocenters. The van der Waals surface area contributed by atoms with Gasteiger partial charge in [-0.15, -0.1) is 11.3 Å². The Morgan fingerprint density at radius 1 is 1.44 bits per heavy atom. The average Bonchev–Trinajstić information content (AvgIpc) is 2.71. The van der Waals surface area contributed by atoms with Crippen molar-refractivity contribution < 1.29 is 4.79 Å². The lowest BCUT2D eigenvalue weighted by Crippen LogP contribution is -2.25. The van der Waals surface area contributed by atoms with E-state index in [2.05, 4.69) is 12.2 Å². The molecule has 18 heavy (non-hydrogen) atoms. The Morgan fingerprint density at radius 3 is 2.61 bits per heavy atom. The molecular formula is C14H22N2OS. The summed E-state index contributed by atoms with van der Waals surface area (Å²) in [6.07, 6.45) is 6.38. The van der Waals surface area contributed by atoms with Crippen LogP contribution in [0.15, 0.2) is 6.07 Å². The highest BCUT2D eigenvalue weighted by Crippen LogP contribution is 2.33. The average molecular weight is 266 g/mol. The van der Waals surface area contributed by atoms with Crippen molar-refractivity contribution in [1.82, 2.24) is 0 Å². The Balaban J connectivity index is 1.94. The molecule has 1 aromatic rings. The van der Waals surface area contributed by atoms with E-state index in [1.165, 1.54) is 43.4 Å². The molecular weight excluding hydrogens is 244 g/mol. The van der Waals surface area contributed by atoms with Crippen molar-refractivity contribution >= 4 is 27.8 Å². The highest BCUT2D eigenvalue weighted by molar-refractivity contribution is 7.18. The molecule has 1 heterocycles. The van der Waals surface area contributed by atoms with E-state index < -0.39 is 0 Å². The van der Waals surface area contributed by atoms with E-state index in [1.807, 2.05) is 6.07 Å². The highest BCUT2D eigenvalue weighted by atomic mass is 32.1. The number of carbonyl (C=O) groups excluding carboxylic acids is 1. The molecule has 1 aromatic heterocycles. The van der Waals surface area contributed by atoms with Gasteiger partial charge in [0.05, 0.1) is 15.6 Å². The van der Waals surface area contributed by atoms with Gasteiger partial charge in [0.25, 0.3) is 0 Å². The Bertz CT molecular complexity index is 419. The van der Waals surface area contributed by atoms with Gasteiger partial charge in [0.2, 0.25) is 0 Å². The molecule has 0 saturated heterocycles. The Hall–Kier alpha value is -1.03. The van der Waals surface area contributed by atoms with Crippen LogP contribution in [0.4, 0.5) is 10.7 Å². The van der Waals surface area contributed by atoms with E-state index in [0.29, 0.717) is 16.6 Å². The van der Waals surface area contributed by atoms with Crippen molar-refractivity contribution in [3.8, 4) is 0 Å². The minimum absolute atomic E-state index is 0.0558. The summed E-state index contributed by atoms with van der Waals surface area (Å²) in [4.78, 5) is 12.0. The molecule has 0 unspecified atom stereocenters. The van der Waals surface area contributed by atoms with Crippen LogP contribution in [0.2, 0.25) is 0 Å². The van der Waals surface area contributed by atoms with Crippen LogP contribution in [-0.2, 0) is 0 Å². The van der Waals surface area contributed by atoms with Gasteiger partial charge in [0, 0.05) is 13.0 Å². The third kappa shape index (κ3) is 3.05. The van der Waals surface area contributed by atoms with Gasteiger partial charge in [0.1, 0.15) is 0 Å². The monoisotopic (exact) mass is 266 g/mol. The first-order valence-corrected chi connectivity index (χ1v) is 7.58. The molecule has 3 N–H and O–H groups in total. The van der Waals surface area contributed by atoms with Gasteiger partial charge in [-0.2, -0.15) is 0 Å². The fraction of sp³-hybridized carbons (Fsp3) is 0.643. The van der Waals surface area contributed by atoms with Crippen LogP contribution in [0.5, 0.6) is 0 Å². The van der Waals surface area contributed by atoms with Crippen LogP contribution < -0.4 is 11.1 Å². The number of ketones is 1. The standard InChI is InChI=1S/C14H22N2OS/c1-3-10-4-6-11(7-5-10)16-13-8-12(15)14(18-13)9(2)17/h8,10-11,16H,3-7,15H2,1-2H3. The lowest BCUT2D eigenvalue weighted by atomic mass is 9.84. The minimum Gasteiger partial charge on any atom is -0.397 e. The van der Waals surface area contributed by atoms with Crippen molar-refractivity contribution in [3.05, 3.63) is 10.9 Å². The second kappa shape index (κ2) is 5.74. The van der Waals surface area contributed by atoms with Gasteiger partial charge < -0.3 is 11.1 Å². The molecule has 0 amide bonds. The van der Waals surface area contributed by atoms with Crippen LogP contribution in [0.3, 0.4) is 0 Å². The second-order valence-corrected chi connectivity index (χ2v) is 6.27. The number of hydrogen-bond donors (Lipinski definition) is 2. The molecule has 100 valence electrons. The quantitative estimate of drug-likeness (QED) is 0.812. The van der Waals surface area contributed by atoms with Gasteiger partial charge in [-0.1, -0.05) is 13.3 Å². The topological polar surface area (TPSA) is 55.1 Å². The number of thiophene rings is 1. The predicted octanol–water partition coefficient (Wildman–Crippen LogP) is 3.91. The minimum atomic E-state index is 0.0558. The molecule has 0 spiro atoms. The lowest BCUT2D eigenvalue weighted by Gasteiger charge is -2.28. The van der Waals surface area contributed by atoms with Gasteiger partial charge in [-0.3, -0.25) is 4.79 Å². The van der Waals surface area contributed by atoms with Crippen molar-refractivity contribution in [2.24, 2.45) is 5.92 Å². The van der Waals surface area contributed by atoms with Crippen LogP contribution in [0.1, 0.15) is 55.6 Å². The molecule has 1 aliphatic carbocycles. The van der Waals surface area contributed by atoms with Crippen molar-refractivity contribution in [2.75, 3.05) is 11.1 Å². The number of nitrogens with one attached hydrogen (secondary N) is 1. The van der Waals surface area contributed by atoms with Crippen molar-refractivity contribution in [3.63, 3.8) is 0 Å². The third-order valence-corrected chi connectivity index (χ3v) is 5.03. The third-order valence-electron chi connectivity index (χ3n) is 3.85. The summed E-state index contributed by atoms with van der Waals surface area (Å²) in [6.45, 7) is 3.84. The van der Waals surface area contributed by atoms with Crippen molar-refractivity contribution in [2.45, 2.75) is 52.0 Å². The van der Waals surface area contributed by atoms with Gasteiger partial charge in [0.15, 0.2) is 5.78 Å². The van der Waals surface area contributed by atoms with Crippen LogP contribution in [-0.4, -0.2) is 11.8 Å². The van der Waals surface area contributed by atoms with E-state index in [1.54, 1.807) is 6.92 Å². The molecule has 1 saturated carbocycles. The summed E-state index contributed by atoms with van der Waals surface area (Å²) in [5, 5.41) is 4.57. The first-order valence-electron chi connectivity index (χ1n) is 6.77. The second-order valence-electron chi connectivity index (χ2n) is 5.22. The first kappa shape index (κ1) is 13.4. The summed E-state index contributed by atoms with van der Waals surface area (Å²) < 4.78 is 0. The van der Waals surface area contributed by atoms with Crippen molar-refractivity contribution in [1.29, 1.82) is 0 Å². The number of rotatable bonds is 4. The molecule has 0 radical (unpaired) electrons. The van der Waals surface area contributed by atoms with Gasteiger partial charge >= 0.3 is 0 Å². The van der Waals surface area contributed by atoms with Crippen LogP contribution >= 0.6 is 11.3 Å². The molecule has 0 bridgehead atoms. The largest absolute Gasteiger partial charge is 0.397 e. The van der Waals surface area contributed by atoms with E-state index >= 15 is 0 Å². The fourth-order valence-electron chi connectivity index (χ4n) is 2.67. The Labute approximate surface area is 113 Å². The molecule has 1 aliphatic rings. The maximum atomic E-state index is 11.4. The van der Waals surface area contributed by atoms with Gasteiger partial charge in [-0.05, 0) is 37.7 Å². The molecule has 3 nitrogen and oxygen atoms in total. The highest BCUT2D eigenvalue weighted by Gasteiger charge is 2.20. The molecule has 4 heteroatoms. The number of nitrogen functional groups attached to an aromatic ring is 1. The summed E-state index contributed by atoms with van der Waals surface area (Å²) in [5.74, 6) is 0.962. The zero-order chi connectivity index (χ0) is 13.1. The van der Waals surface area contributed by atoms with E-state index in [9.17, 15) is 4.79 Å². The van der Waals surface area contributed by atoms with Gasteiger partial charge in [-0.25, -0.2) is 0 Å². The number of nitrogens with two attached hydrogens (primary N) is 1. The molecule has 1 fully saturated rings. The first-order chi connectivity index (χ1) is 8.60. The lowest BCUT2D eigenvalue weighted by molar-refractivity contribution is 0.102. The predicted molar refractivity (Wildman–Crippen MR) is 78.4 cm³/mol. The van der Waals surface area contributed by atoms with Crippen LogP contribution in [0.25, 0.3) is 0 Å². The maximum Gasteiger partial charge on any atom is 0.171 e. The molecule has 0 aliphatic heterocycles. The molecule has 0 aromatic carbocycles. The maximum absolute atomic E-state index is 11.4. The number of Topliss-reactive ketones (excluding diaryl/α,β-unsaturated/α-hetero) is 1. The van der Waals surface area contributed by atoms with E-state index in [4.69, 9.17) is 5.73 Å². The van der Waals surface area contributed by atoms with Crippen LogP contribution in [0, 0.1) is 5.92 Å². The number of carbonyl (C=O) groups is 1. The summed E-state index contributed by atoms with van der Waals surface area (Å²) in [5.41, 5.74) is 6.45. The zero-order valence-corrected chi connectivity index (χ0v) is 12.0. The molecule has 2 rings (SSSR count). The zero-order valence-electron chi connectivity index (χ0n) is 11.2. The van der Waals surface area contributed by atoms with E-state index in [-0.39, 0.29) is 5.78 Å². The SMILES string of the molecule is CCC1CCC(Nc2cc(N)c(C(C)=O)s2)CC1. The fourth-order valence-corrected chi connectivity index (χ4v) is 3.62. The summed E-state index contributed by atoms with van der Waals surface area (Å²) in [7, 11) is 0. The Morgan fingerprint density at radius 2 is 2.11 bits per heavy atom. The summed E-state index contributed by atoms with van der Waals surface area (Å²) >= 11 is 1.48. The smallest absolute Gasteiger partial charge is 0.171 e. The number of hydrogen-bond acceptors (Lipinski definition) is 4.